The molecule has 1 atom stereocenters. The van der Waals surface area contributed by atoms with Crippen molar-refractivity contribution < 1.29 is 9.53 Å². The molecule has 0 fully saturated rings. The van der Waals surface area contributed by atoms with Gasteiger partial charge in [-0.1, -0.05) is 12.2 Å². The van der Waals surface area contributed by atoms with Gasteiger partial charge in [-0.15, -0.1) is 0 Å². The maximum Gasteiger partial charge on any atom is 0.198 e. The van der Waals surface area contributed by atoms with Gasteiger partial charge in [-0.05, 0) is 25.3 Å². The molecule has 0 amide bonds. The zero-order valence-electron chi connectivity index (χ0n) is 7.88. The molecule has 1 aliphatic heterocycles. The molecule has 0 bridgehead atoms. The monoisotopic (exact) mass is 178 g/mol. The first-order chi connectivity index (χ1) is 6.33. The van der Waals surface area contributed by atoms with Crippen LogP contribution in [0, 0.1) is 5.92 Å². The highest BCUT2D eigenvalue weighted by Gasteiger charge is 2.33. The summed E-state index contributed by atoms with van der Waals surface area (Å²) in [5.74, 6) is 1.19. The normalized spacial score (nSPS) is 28.1. The van der Waals surface area contributed by atoms with Crippen LogP contribution in [-0.4, -0.2) is 12.4 Å². The van der Waals surface area contributed by atoms with Crippen LogP contribution >= 0.6 is 0 Å². The number of hydrogen-bond acceptors (Lipinski definition) is 2. The number of hydrogen-bond donors (Lipinski definition) is 0. The molecule has 0 spiro atoms. The van der Waals surface area contributed by atoms with Crippen LogP contribution in [0.4, 0.5) is 0 Å². The van der Waals surface area contributed by atoms with E-state index >= 15 is 0 Å². The number of ether oxygens (including phenoxy) is 1. The standard InChI is InChI=1S/C11H14O2/c1-2-4-8-7-10(12)11-9(8)5-3-6-13-11/h2,4,8H,3,5-7H2,1H3/b4-2+. The maximum absolute atomic E-state index is 11.5. The summed E-state index contributed by atoms with van der Waals surface area (Å²) in [6.07, 6.45) is 6.84. The van der Waals surface area contributed by atoms with E-state index in [1.165, 1.54) is 5.57 Å². The van der Waals surface area contributed by atoms with Crippen molar-refractivity contribution in [1.29, 1.82) is 0 Å². The molecule has 0 saturated heterocycles. The van der Waals surface area contributed by atoms with Crippen LogP contribution < -0.4 is 0 Å². The van der Waals surface area contributed by atoms with Gasteiger partial charge in [0.15, 0.2) is 11.5 Å². The van der Waals surface area contributed by atoms with Gasteiger partial charge >= 0.3 is 0 Å². The number of rotatable bonds is 1. The summed E-state index contributed by atoms with van der Waals surface area (Å²) in [6.45, 7) is 2.71. The van der Waals surface area contributed by atoms with Crippen LogP contribution in [0.25, 0.3) is 0 Å². The predicted octanol–water partition coefficient (Wildman–Crippen LogP) is 2.22. The van der Waals surface area contributed by atoms with Crippen molar-refractivity contribution in [3.05, 3.63) is 23.5 Å². The molecule has 0 radical (unpaired) electrons. The van der Waals surface area contributed by atoms with Crippen molar-refractivity contribution in [3.8, 4) is 0 Å². The van der Waals surface area contributed by atoms with Gasteiger partial charge < -0.3 is 4.74 Å². The summed E-state index contributed by atoms with van der Waals surface area (Å²) < 4.78 is 5.39. The number of carbonyl (C=O) groups is 1. The number of Topliss-reactive ketones (excluding diaryl/α,β-unsaturated/α-hetero) is 1. The van der Waals surface area contributed by atoms with Gasteiger partial charge in [0.2, 0.25) is 0 Å². The lowest BCUT2D eigenvalue weighted by atomic mass is 9.96. The largest absolute Gasteiger partial charge is 0.490 e. The molecular weight excluding hydrogens is 164 g/mol. The molecule has 2 nitrogen and oxygen atoms in total. The molecule has 1 unspecified atom stereocenters. The molecule has 13 heavy (non-hydrogen) atoms. The molecule has 0 aromatic rings. The van der Waals surface area contributed by atoms with E-state index in [4.69, 9.17) is 4.74 Å². The van der Waals surface area contributed by atoms with E-state index in [2.05, 4.69) is 6.08 Å². The molecule has 2 aliphatic rings. The minimum atomic E-state index is 0.192. The highest BCUT2D eigenvalue weighted by Crippen LogP contribution is 2.36. The Morgan fingerprint density at radius 3 is 3.15 bits per heavy atom. The van der Waals surface area contributed by atoms with Crippen LogP contribution in [0.5, 0.6) is 0 Å². The second-order valence-electron chi connectivity index (χ2n) is 3.57. The van der Waals surface area contributed by atoms with E-state index in [1.807, 2.05) is 13.0 Å². The lowest BCUT2D eigenvalue weighted by Gasteiger charge is -2.16. The molecular formula is C11H14O2. The molecule has 70 valence electrons. The highest BCUT2D eigenvalue weighted by atomic mass is 16.5. The Morgan fingerprint density at radius 2 is 2.38 bits per heavy atom. The second-order valence-corrected chi connectivity index (χ2v) is 3.57. The summed E-state index contributed by atoms with van der Waals surface area (Å²) in [7, 11) is 0. The van der Waals surface area contributed by atoms with Crippen LogP contribution in [0.1, 0.15) is 26.2 Å². The van der Waals surface area contributed by atoms with Crippen LogP contribution in [0.15, 0.2) is 23.5 Å². The molecule has 0 saturated carbocycles. The Labute approximate surface area is 78.3 Å². The van der Waals surface area contributed by atoms with Gasteiger partial charge in [0.1, 0.15) is 0 Å². The third-order valence-electron chi connectivity index (χ3n) is 2.66. The zero-order chi connectivity index (χ0) is 9.26. The molecule has 1 aliphatic carbocycles. The first-order valence-electron chi connectivity index (χ1n) is 4.84. The summed E-state index contributed by atoms with van der Waals surface area (Å²) in [4.78, 5) is 11.5. The molecule has 0 aromatic heterocycles. The van der Waals surface area contributed by atoms with Gasteiger partial charge in [-0.25, -0.2) is 0 Å². The van der Waals surface area contributed by atoms with E-state index in [-0.39, 0.29) is 5.78 Å². The molecule has 2 heteroatoms. The first kappa shape index (κ1) is 8.54. The summed E-state index contributed by atoms with van der Waals surface area (Å²) in [5, 5.41) is 0. The molecule has 0 N–H and O–H groups in total. The number of allylic oxidation sites excluding steroid dienone is 4. The Bertz CT molecular complexity index is 286. The first-order valence-corrected chi connectivity index (χ1v) is 4.84. The fourth-order valence-electron chi connectivity index (χ4n) is 2.09. The van der Waals surface area contributed by atoms with Crippen LogP contribution in [0.2, 0.25) is 0 Å². The summed E-state index contributed by atoms with van der Waals surface area (Å²) in [5.41, 5.74) is 1.23. The van der Waals surface area contributed by atoms with Crippen molar-refractivity contribution in [2.24, 2.45) is 5.92 Å². The van der Waals surface area contributed by atoms with Crippen molar-refractivity contribution in [1.82, 2.24) is 0 Å². The lowest BCUT2D eigenvalue weighted by Crippen LogP contribution is -2.08. The van der Waals surface area contributed by atoms with Gasteiger partial charge in [0.25, 0.3) is 0 Å². The van der Waals surface area contributed by atoms with Crippen molar-refractivity contribution in [2.75, 3.05) is 6.61 Å². The van der Waals surface area contributed by atoms with E-state index in [9.17, 15) is 4.79 Å². The van der Waals surface area contributed by atoms with Gasteiger partial charge in [0, 0.05) is 12.3 Å². The van der Waals surface area contributed by atoms with E-state index in [0.717, 1.165) is 12.8 Å². The number of ketones is 1. The van der Waals surface area contributed by atoms with Gasteiger partial charge in [-0.2, -0.15) is 0 Å². The Morgan fingerprint density at radius 1 is 1.54 bits per heavy atom. The summed E-state index contributed by atoms with van der Waals surface area (Å²) >= 11 is 0. The maximum atomic E-state index is 11.5. The predicted molar refractivity (Wildman–Crippen MR) is 50.1 cm³/mol. The van der Waals surface area contributed by atoms with Gasteiger partial charge in [-0.3, -0.25) is 4.79 Å². The zero-order valence-corrected chi connectivity index (χ0v) is 7.88. The average molecular weight is 178 g/mol. The van der Waals surface area contributed by atoms with E-state index in [0.29, 0.717) is 24.7 Å². The molecule has 1 heterocycles. The fourth-order valence-corrected chi connectivity index (χ4v) is 2.09. The third-order valence-corrected chi connectivity index (χ3v) is 2.66. The molecule has 0 aromatic carbocycles. The van der Waals surface area contributed by atoms with Gasteiger partial charge in [0.05, 0.1) is 6.61 Å². The van der Waals surface area contributed by atoms with Crippen molar-refractivity contribution in [2.45, 2.75) is 26.2 Å². The van der Waals surface area contributed by atoms with E-state index < -0.39 is 0 Å². The Hall–Kier alpha value is -1.05. The highest BCUT2D eigenvalue weighted by molar-refractivity contribution is 5.97. The Balaban J connectivity index is 2.27. The number of carbonyl (C=O) groups excluding carboxylic acids is 1. The lowest BCUT2D eigenvalue weighted by molar-refractivity contribution is -0.118. The fraction of sp³-hybridized carbons (Fsp3) is 0.545. The van der Waals surface area contributed by atoms with Crippen molar-refractivity contribution >= 4 is 5.78 Å². The second kappa shape index (κ2) is 3.36. The topological polar surface area (TPSA) is 26.3 Å². The van der Waals surface area contributed by atoms with Crippen molar-refractivity contribution in [3.63, 3.8) is 0 Å². The minimum absolute atomic E-state index is 0.192. The average Bonchev–Trinajstić information content (AvgIpc) is 2.46. The van der Waals surface area contributed by atoms with E-state index in [1.54, 1.807) is 0 Å². The Kier molecular flexibility index (Phi) is 2.21. The third kappa shape index (κ3) is 1.41. The quantitative estimate of drug-likeness (QED) is 0.575. The SMILES string of the molecule is C/C=C/C1CC(=O)C2=C1CCCO2. The molecule has 2 rings (SSSR count). The summed E-state index contributed by atoms with van der Waals surface area (Å²) in [6, 6.07) is 0. The minimum Gasteiger partial charge on any atom is -0.490 e. The smallest absolute Gasteiger partial charge is 0.198 e. The van der Waals surface area contributed by atoms with Crippen LogP contribution in [-0.2, 0) is 9.53 Å². The van der Waals surface area contributed by atoms with Crippen LogP contribution in [0.3, 0.4) is 0 Å².